The highest BCUT2D eigenvalue weighted by Crippen LogP contribution is 2.35. The predicted octanol–water partition coefficient (Wildman–Crippen LogP) is 2.98. The monoisotopic (exact) mass is 280 g/mol. The molecule has 1 aromatic heterocycles. The average Bonchev–Trinajstić information content (AvgIpc) is 2.85. The van der Waals surface area contributed by atoms with Crippen LogP contribution < -0.4 is 5.32 Å². The molecular formula is C15H24N2OS. The van der Waals surface area contributed by atoms with Crippen molar-refractivity contribution in [2.45, 2.75) is 76.5 Å². The molecule has 0 bridgehead atoms. The van der Waals surface area contributed by atoms with E-state index in [1.807, 2.05) is 11.3 Å². The summed E-state index contributed by atoms with van der Waals surface area (Å²) in [5, 5.41) is 15.1. The highest BCUT2D eigenvalue weighted by Gasteiger charge is 2.30. The van der Waals surface area contributed by atoms with Crippen LogP contribution in [0.15, 0.2) is 0 Å². The summed E-state index contributed by atoms with van der Waals surface area (Å²) in [6, 6.07) is 0.719. The lowest BCUT2D eigenvalue weighted by Crippen LogP contribution is -2.44. The Hall–Kier alpha value is -0.450. The van der Waals surface area contributed by atoms with Gasteiger partial charge in [0.25, 0.3) is 0 Å². The van der Waals surface area contributed by atoms with Crippen LogP contribution in [-0.2, 0) is 12.8 Å². The van der Waals surface area contributed by atoms with Crippen molar-refractivity contribution in [2.75, 3.05) is 0 Å². The van der Waals surface area contributed by atoms with Crippen molar-refractivity contribution in [3.8, 4) is 0 Å². The molecule has 3 atom stereocenters. The molecule has 0 amide bonds. The molecule has 3 rings (SSSR count). The van der Waals surface area contributed by atoms with Gasteiger partial charge in [0.15, 0.2) is 0 Å². The van der Waals surface area contributed by atoms with Gasteiger partial charge in [0.05, 0.1) is 16.8 Å². The SMILES string of the molecule is CCc1nc2c(s1)C(NC1CCCCC1O)CCC2. The molecule has 0 aliphatic heterocycles. The Morgan fingerprint density at radius 1 is 1.26 bits per heavy atom. The molecule has 2 N–H and O–H groups in total. The van der Waals surface area contributed by atoms with Crippen LogP contribution in [0.1, 0.15) is 67.1 Å². The first-order valence-electron chi connectivity index (χ1n) is 7.70. The largest absolute Gasteiger partial charge is 0.392 e. The Morgan fingerprint density at radius 3 is 2.89 bits per heavy atom. The van der Waals surface area contributed by atoms with Gasteiger partial charge in [-0.05, 0) is 38.5 Å². The van der Waals surface area contributed by atoms with Crippen LogP contribution in [0.5, 0.6) is 0 Å². The van der Waals surface area contributed by atoms with E-state index in [9.17, 15) is 5.11 Å². The topological polar surface area (TPSA) is 45.2 Å². The fraction of sp³-hybridized carbons (Fsp3) is 0.800. The molecule has 2 aliphatic rings. The second-order valence-electron chi connectivity index (χ2n) is 5.84. The van der Waals surface area contributed by atoms with E-state index < -0.39 is 0 Å². The molecular weight excluding hydrogens is 256 g/mol. The first-order chi connectivity index (χ1) is 9.28. The van der Waals surface area contributed by atoms with E-state index in [1.165, 1.54) is 41.3 Å². The summed E-state index contributed by atoms with van der Waals surface area (Å²) in [5.74, 6) is 0. The maximum absolute atomic E-state index is 10.1. The second kappa shape index (κ2) is 5.90. The molecule has 2 aliphatic carbocycles. The number of nitrogens with one attached hydrogen (secondary N) is 1. The molecule has 0 spiro atoms. The van der Waals surface area contributed by atoms with Crippen LogP contribution in [-0.4, -0.2) is 22.2 Å². The van der Waals surface area contributed by atoms with Crippen molar-refractivity contribution >= 4 is 11.3 Å². The molecule has 1 aromatic rings. The number of nitrogens with zero attached hydrogens (tertiary/aromatic N) is 1. The van der Waals surface area contributed by atoms with Crippen molar-refractivity contribution in [3.63, 3.8) is 0 Å². The number of aliphatic hydroxyl groups excluding tert-OH is 1. The van der Waals surface area contributed by atoms with E-state index >= 15 is 0 Å². The average molecular weight is 280 g/mol. The Bertz CT molecular complexity index is 432. The summed E-state index contributed by atoms with van der Waals surface area (Å²) in [5.41, 5.74) is 1.32. The van der Waals surface area contributed by atoms with Gasteiger partial charge in [-0.1, -0.05) is 19.8 Å². The molecule has 3 nitrogen and oxygen atoms in total. The first-order valence-corrected chi connectivity index (χ1v) is 8.52. The Labute approximate surface area is 119 Å². The van der Waals surface area contributed by atoms with Crippen molar-refractivity contribution < 1.29 is 5.11 Å². The summed E-state index contributed by atoms with van der Waals surface area (Å²) in [4.78, 5) is 6.19. The van der Waals surface area contributed by atoms with Gasteiger partial charge in [-0.15, -0.1) is 11.3 Å². The van der Waals surface area contributed by atoms with Crippen LogP contribution in [0.25, 0.3) is 0 Å². The van der Waals surface area contributed by atoms with E-state index in [0.717, 1.165) is 25.7 Å². The van der Waals surface area contributed by atoms with Gasteiger partial charge in [0.2, 0.25) is 0 Å². The number of aryl methyl sites for hydroxylation is 2. The molecule has 0 aromatic carbocycles. The number of fused-ring (bicyclic) bond motifs is 1. The predicted molar refractivity (Wildman–Crippen MR) is 78.6 cm³/mol. The molecule has 3 unspecified atom stereocenters. The summed E-state index contributed by atoms with van der Waals surface area (Å²) >= 11 is 1.88. The highest BCUT2D eigenvalue weighted by molar-refractivity contribution is 7.11. The van der Waals surface area contributed by atoms with E-state index in [1.54, 1.807) is 0 Å². The van der Waals surface area contributed by atoms with Gasteiger partial charge in [-0.3, -0.25) is 0 Å². The Balaban J connectivity index is 1.73. The first kappa shape index (κ1) is 13.5. The second-order valence-corrected chi connectivity index (χ2v) is 6.96. The summed E-state index contributed by atoms with van der Waals surface area (Å²) in [7, 11) is 0. The molecule has 106 valence electrons. The smallest absolute Gasteiger partial charge is 0.0928 e. The lowest BCUT2D eigenvalue weighted by molar-refractivity contribution is 0.0836. The number of hydrogen-bond donors (Lipinski definition) is 2. The van der Waals surface area contributed by atoms with Crippen LogP contribution in [0, 0.1) is 0 Å². The van der Waals surface area contributed by atoms with E-state index in [2.05, 4.69) is 12.2 Å². The minimum Gasteiger partial charge on any atom is -0.392 e. The normalized spacial score (nSPS) is 31.2. The van der Waals surface area contributed by atoms with Crippen LogP contribution in [0.3, 0.4) is 0 Å². The molecule has 1 fully saturated rings. The number of hydrogen-bond acceptors (Lipinski definition) is 4. The van der Waals surface area contributed by atoms with Crippen molar-refractivity contribution in [3.05, 3.63) is 15.6 Å². The van der Waals surface area contributed by atoms with Crippen LogP contribution >= 0.6 is 11.3 Å². The maximum atomic E-state index is 10.1. The minimum absolute atomic E-state index is 0.155. The van der Waals surface area contributed by atoms with Crippen molar-refractivity contribution in [1.82, 2.24) is 10.3 Å². The zero-order valence-corrected chi connectivity index (χ0v) is 12.5. The van der Waals surface area contributed by atoms with Gasteiger partial charge in [-0.25, -0.2) is 4.98 Å². The summed E-state index contributed by atoms with van der Waals surface area (Å²) in [6.45, 7) is 2.18. The zero-order chi connectivity index (χ0) is 13.2. The minimum atomic E-state index is -0.155. The van der Waals surface area contributed by atoms with E-state index in [4.69, 9.17) is 4.98 Å². The quantitative estimate of drug-likeness (QED) is 0.894. The lowest BCUT2D eigenvalue weighted by Gasteiger charge is -2.33. The molecule has 1 saturated carbocycles. The third-order valence-corrected chi connectivity index (χ3v) is 5.80. The molecule has 4 heteroatoms. The number of aliphatic hydroxyl groups is 1. The Kier molecular flexibility index (Phi) is 4.20. The van der Waals surface area contributed by atoms with Gasteiger partial charge < -0.3 is 10.4 Å². The van der Waals surface area contributed by atoms with Crippen molar-refractivity contribution in [1.29, 1.82) is 0 Å². The maximum Gasteiger partial charge on any atom is 0.0928 e. The fourth-order valence-electron chi connectivity index (χ4n) is 3.34. The van der Waals surface area contributed by atoms with Crippen LogP contribution in [0.2, 0.25) is 0 Å². The highest BCUT2D eigenvalue weighted by atomic mass is 32.1. The van der Waals surface area contributed by atoms with Gasteiger partial charge in [-0.2, -0.15) is 0 Å². The number of thiazole rings is 1. The Morgan fingerprint density at radius 2 is 2.11 bits per heavy atom. The van der Waals surface area contributed by atoms with Crippen molar-refractivity contribution in [2.24, 2.45) is 0 Å². The van der Waals surface area contributed by atoms with Gasteiger partial charge >= 0.3 is 0 Å². The van der Waals surface area contributed by atoms with E-state index in [0.29, 0.717) is 6.04 Å². The molecule has 1 heterocycles. The fourth-order valence-corrected chi connectivity index (χ4v) is 4.49. The summed E-state index contributed by atoms with van der Waals surface area (Å²) < 4.78 is 0. The molecule has 19 heavy (non-hydrogen) atoms. The summed E-state index contributed by atoms with van der Waals surface area (Å²) in [6.07, 6.45) is 8.94. The van der Waals surface area contributed by atoms with Crippen LogP contribution in [0.4, 0.5) is 0 Å². The van der Waals surface area contributed by atoms with Gasteiger partial charge in [0.1, 0.15) is 0 Å². The molecule has 0 radical (unpaired) electrons. The number of aromatic nitrogens is 1. The van der Waals surface area contributed by atoms with E-state index in [-0.39, 0.29) is 12.1 Å². The standard InChI is InChI=1S/C15H24N2OS/c1-2-14-17-12-8-5-7-11(15(12)19-14)16-10-6-3-4-9-13(10)18/h10-11,13,16,18H,2-9H2,1H3. The molecule has 0 saturated heterocycles. The zero-order valence-electron chi connectivity index (χ0n) is 11.7. The van der Waals surface area contributed by atoms with Gasteiger partial charge in [0, 0.05) is 17.0 Å². The third kappa shape index (κ3) is 2.86. The number of rotatable bonds is 3. The lowest BCUT2D eigenvalue weighted by atomic mass is 9.90. The third-order valence-electron chi connectivity index (χ3n) is 4.44.